The Kier molecular flexibility index (Phi) is 6.82. The number of amides is 1. The first kappa shape index (κ1) is 24.1. The van der Waals surface area contributed by atoms with Crippen molar-refractivity contribution in [2.75, 3.05) is 4.90 Å². The summed E-state index contributed by atoms with van der Waals surface area (Å²) in [7, 11) is 0. The Bertz CT molecular complexity index is 1460. The van der Waals surface area contributed by atoms with Crippen molar-refractivity contribution in [3.8, 4) is 0 Å². The number of hydrogen-bond donors (Lipinski definition) is 1. The number of benzene rings is 2. The molecule has 1 aliphatic heterocycles. The lowest BCUT2D eigenvalue weighted by atomic mass is 9.96. The fourth-order valence-electron chi connectivity index (χ4n) is 3.74. The van der Waals surface area contributed by atoms with Gasteiger partial charge in [-0.3, -0.25) is 19.5 Å². The van der Waals surface area contributed by atoms with Gasteiger partial charge in [-0.05, 0) is 59.7 Å². The minimum Gasteiger partial charge on any atom is -0.507 e. The van der Waals surface area contributed by atoms with Crippen LogP contribution < -0.4 is 4.90 Å². The molecule has 0 spiro atoms. The van der Waals surface area contributed by atoms with Crippen molar-refractivity contribution in [3.05, 3.63) is 106 Å². The topological polar surface area (TPSA) is 96.3 Å². The summed E-state index contributed by atoms with van der Waals surface area (Å²) in [6, 6.07) is 14.9. The average Bonchev–Trinajstić information content (AvgIpc) is 3.46. The van der Waals surface area contributed by atoms with Crippen LogP contribution in [0.2, 0.25) is 5.02 Å². The van der Waals surface area contributed by atoms with Crippen LogP contribution in [0.4, 0.5) is 9.52 Å². The van der Waals surface area contributed by atoms with Gasteiger partial charge in [-0.25, -0.2) is 4.39 Å². The Balaban J connectivity index is 1.51. The molecule has 2 aromatic heterocycles. The zero-order chi connectivity index (χ0) is 25.2. The number of halogens is 2. The first-order valence-electron chi connectivity index (χ1n) is 10.6. The Morgan fingerprint density at radius 1 is 1.03 bits per heavy atom. The first-order valence-corrected chi connectivity index (χ1v) is 12.8. The van der Waals surface area contributed by atoms with Crippen molar-refractivity contribution in [2.24, 2.45) is 0 Å². The van der Waals surface area contributed by atoms with Gasteiger partial charge in [0.05, 0.1) is 11.6 Å². The van der Waals surface area contributed by atoms with E-state index >= 15 is 0 Å². The molecule has 0 bridgehead atoms. The smallest absolute Gasteiger partial charge is 0.301 e. The van der Waals surface area contributed by atoms with Gasteiger partial charge in [0.1, 0.15) is 11.6 Å². The summed E-state index contributed by atoms with van der Waals surface area (Å²) in [6.45, 7) is 0. The SMILES string of the molecule is O=C1C(=O)N(c2nnc(SCc3ccc(F)cc3)s2)C(c2ccncc2)/C1=C(/O)c1ccc(Cl)cc1. The number of ketones is 1. The molecule has 1 unspecified atom stereocenters. The molecule has 1 amide bonds. The number of anilines is 1. The van der Waals surface area contributed by atoms with Gasteiger partial charge in [-0.1, -0.05) is 46.8 Å². The molecule has 0 radical (unpaired) electrons. The van der Waals surface area contributed by atoms with Crippen molar-refractivity contribution in [3.63, 3.8) is 0 Å². The van der Waals surface area contributed by atoms with Crippen LogP contribution in [-0.4, -0.2) is 32.0 Å². The van der Waals surface area contributed by atoms with Gasteiger partial charge in [0.2, 0.25) is 5.13 Å². The zero-order valence-corrected chi connectivity index (χ0v) is 20.7. The summed E-state index contributed by atoms with van der Waals surface area (Å²) in [5, 5.41) is 20.1. The van der Waals surface area contributed by atoms with Crippen LogP contribution in [0.15, 0.2) is 83.0 Å². The molecule has 1 N–H and O–H groups in total. The predicted molar refractivity (Wildman–Crippen MR) is 136 cm³/mol. The Morgan fingerprint density at radius 3 is 2.42 bits per heavy atom. The molecule has 0 saturated carbocycles. The number of hydrogen-bond acceptors (Lipinski definition) is 8. The second-order valence-electron chi connectivity index (χ2n) is 7.72. The normalized spacial score (nSPS) is 17.1. The number of carbonyl (C=O) groups is 2. The van der Waals surface area contributed by atoms with E-state index in [4.69, 9.17) is 11.6 Å². The number of carbonyl (C=O) groups excluding carboxylic acids is 2. The minimum absolute atomic E-state index is 0.0655. The van der Waals surface area contributed by atoms with Crippen LogP contribution in [0.3, 0.4) is 0 Å². The van der Waals surface area contributed by atoms with Crippen molar-refractivity contribution in [2.45, 2.75) is 16.1 Å². The van der Waals surface area contributed by atoms with E-state index in [0.29, 0.717) is 26.2 Å². The van der Waals surface area contributed by atoms with E-state index in [1.807, 2.05) is 0 Å². The van der Waals surface area contributed by atoms with Gasteiger partial charge >= 0.3 is 5.91 Å². The molecular formula is C25H16ClFN4O3S2. The predicted octanol–water partition coefficient (Wildman–Crippen LogP) is 5.64. The Morgan fingerprint density at radius 2 is 1.72 bits per heavy atom. The largest absolute Gasteiger partial charge is 0.507 e. The third-order valence-corrected chi connectivity index (χ3v) is 7.84. The first-order chi connectivity index (χ1) is 17.4. The molecule has 36 heavy (non-hydrogen) atoms. The molecule has 3 heterocycles. The fourth-order valence-corrected chi connectivity index (χ4v) is 5.69. The van der Waals surface area contributed by atoms with Gasteiger partial charge in [0, 0.05) is 28.7 Å². The maximum absolute atomic E-state index is 13.2. The molecule has 1 atom stereocenters. The molecule has 4 aromatic rings. The molecule has 11 heteroatoms. The van der Waals surface area contributed by atoms with Crippen LogP contribution in [0.25, 0.3) is 5.76 Å². The van der Waals surface area contributed by atoms with E-state index in [-0.39, 0.29) is 22.3 Å². The van der Waals surface area contributed by atoms with Crippen molar-refractivity contribution >= 4 is 57.3 Å². The van der Waals surface area contributed by atoms with Crippen molar-refractivity contribution in [1.29, 1.82) is 0 Å². The van der Waals surface area contributed by atoms with Crippen LogP contribution in [-0.2, 0) is 15.3 Å². The van der Waals surface area contributed by atoms with Crippen LogP contribution in [0.5, 0.6) is 0 Å². The van der Waals surface area contributed by atoms with Gasteiger partial charge in [0.25, 0.3) is 5.78 Å². The molecule has 0 aliphatic carbocycles. The highest BCUT2D eigenvalue weighted by Crippen LogP contribution is 2.44. The maximum Gasteiger partial charge on any atom is 0.301 e. The monoisotopic (exact) mass is 538 g/mol. The number of aliphatic hydroxyl groups excluding tert-OH is 1. The number of thioether (sulfide) groups is 1. The number of nitrogens with zero attached hydrogens (tertiary/aromatic N) is 4. The van der Waals surface area contributed by atoms with Gasteiger partial charge < -0.3 is 5.11 Å². The lowest BCUT2D eigenvalue weighted by molar-refractivity contribution is -0.132. The lowest BCUT2D eigenvalue weighted by Gasteiger charge is -2.22. The summed E-state index contributed by atoms with van der Waals surface area (Å²) in [4.78, 5) is 31.6. The second-order valence-corrected chi connectivity index (χ2v) is 10.3. The van der Waals surface area contributed by atoms with E-state index in [1.165, 1.54) is 28.8 Å². The van der Waals surface area contributed by atoms with Crippen LogP contribution in [0, 0.1) is 5.82 Å². The van der Waals surface area contributed by atoms with E-state index < -0.39 is 17.7 Å². The van der Waals surface area contributed by atoms with E-state index in [1.54, 1.807) is 60.9 Å². The lowest BCUT2D eigenvalue weighted by Crippen LogP contribution is -2.29. The van der Waals surface area contributed by atoms with Crippen molar-refractivity contribution in [1.82, 2.24) is 15.2 Å². The Hall–Kier alpha value is -3.60. The van der Waals surface area contributed by atoms with Gasteiger partial charge in [-0.15, -0.1) is 10.2 Å². The number of pyridine rings is 1. The van der Waals surface area contributed by atoms with E-state index in [2.05, 4.69) is 15.2 Å². The number of Topliss-reactive ketones (excluding diaryl/α,β-unsaturated/α-hetero) is 1. The Labute approximate surface area is 218 Å². The standard InChI is InChI=1S/C25H16ClFN4O3S2/c26-17-5-3-16(4-6-17)21(32)19-20(15-9-11-28-12-10-15)31(23(34)22(19)33)24-29-30-25(36-24)35-13-14-1-7-18(27)8-2-14/h1-12,20,32H,13H2/b21-19-. The highest BCUT2D eigenvalue weighted by molar-refractivity contribution is 8.00. The summed E-state index contributed by atoms with van der Waals surface area (Å²) in [5.41, 5.74) is 1.77. The minimum atomic E-state index is -0.924. The molecule has 1 saturated heterocycles. The molecule has 180 valence electrons. The molecule has 5 rings (SSSR count). The van der Waals surface area contributed by atoms with E-state index in [9.17, 15) is 19.1 Å². The quantitative estimate of drug-likeness (QED) is 0.111. The van der Waals surface area contributed by atoms with Crippen molar-refractivity contribution < 1.29 is 19.1 Å². The summed E-state index contributed by atoms with van der Waals surface area (Å²) in [6.07, 6.45) is 3.09. The second kappa shape index (κ2) is 10.2. The highest BCUT2D eigenvalue weighted by atomic mass is 35.5. The zero-order valence-electron chi connectivity index (χ0n) is 18.3. The summed E-state index contributed by atoms with van der Waals surface area (Å²) >= 11 is 8.49. The summed E-state index contributed by atoms with van der Waals surface area (Å²) in [5.74, 6) is -1.76. The fraction of sp³-hybridized carbons (Fsp3) is 0.0800. The third-order valence-electron chi connectivity index (χ3n) is 5.46. The molecule has 7 nitrogen and oxygen atoms in total. The van der Waals surface area contributed by atoms with Gasteiger partial charge in [0.15, 0.2) is 4.34 Å². The highest BCUT2D eigenvalue weighted by Gasteiger charge is 2.48. The van der Waals surface area contributed by atoms with Gasteiger partial charge in [-0.2, -0.15) is 0 Å². The molecule has 1 aliphatic rings. The number of aliphatic hydroxyl groups is 1. The third kappa shape index (κ3) is 4.75. The number of aromatic nitrogens is 3. The maximum atomic E-state index is 13.2. The molecule has 1 fully saturated rings. The van der Waals surface area contributed by atoms with E-state index in [0.717, 1.165) is 16.9 Å². The van der Waals surface area contributed by atoms with Crippen LogP contribution in [0.1, 0.15) is 22.7 Å². The molecule has 2 aromatic carbocycles. The average molecular weight is 539 g/mol. The molecular weight excluding hydrogens is 523 g/mol. The summed E-state index contributed by atoms with van der Waals surface area (Å²) < 4.78 is 13.7. The van der Waals surface area contributed by atoms with Crippen LogP contribution >= 0.6 is 34.7 Å². The number of rotatable bonds is 6.